The minimum atomic E-state index is -0.339. The molecule has 0 amide bonds. The van der Waals surface area contributed by atoms with E-state index in [1.807, 2.05) is 31.2 Å². The highest BCUT2D eigenvalue weighted by molar-refractivity contribution is 5.38. The van der Waals surface area contributed by atoms with E-state index in [-0.39, 0.29) is 19.0 Å². The van der Waals surface area contributed by atoms with Gasteiger partial charge in [0.1, 0.15) is 18.2 Å². The van der Waals surface area contributed by atoms with Crippen LogP contribution in [0.4, 0.5) is 4.39 Å². The molecule has 0 saturated carbocycles. The maximum absolute atomic E-state index is 13.6. The predicted octanol–water partition coefficient (Wildman–Crippen LogP) is 3.45. The monoisotopic (exact) mass is 284 g/mol. The second-order valence-electron chi connectivity index (χ2n) is 4.73. The maximum Gasteiger partial charge on any atom is 0.124 e. The fourth-order valence-corrected chi connectivity index (χ4v) is 1.90. The van der Waals surface area contributed by atoms with Crippen LogP contribution >= 0.6 is 0 Å². The van der Waals surface area contributed by atoms with E-state index in [2.05, 4.69) is 11.8 Å². The van der Waals surface area contributed by atoms with Crippen molar-refractivity contribution in [3.63, 3.8) is 0 Å². The molecule has 2 aromatic rings. The van der Waals surface area contributed by atoms with Crippen LogP contribution < -0.4 is 4.74 Å². The van der Waals surface area contributed by atoms with Gasteiger partial charge in [-0.05, 0) is 48.4 Å². The van der Waals surface area contributed by atoms with Gasteiger partial charge in [0.2, 0.25) is 0 Å². The maximum atomic E-state index is 13.6. The van der Waals surface area contributed by atoms with Crippen LogP contribution in [-0.4, -0.2) is 11.7 Å². The van der Waals surface area contributed by atoms with E-state index in [9.17, 15) is 4.39 Å². The van der Waals surface area contributed by atoms with Gasteiger partial charge in [-0.15, -0.1) is 0 Å². The highest BCUT2D eigenvalue weighted by Crippen LogP contribution is 2.16. The van der Waals surface area contributed by atoms with Gasteiger partial charge in [-0.2, -0.15) is 0 Å². The number of hydrogen-bond acceptors (Lipinski definition) is 2. The van der Waals surface area contributed by atoms with Crippen LogP contribution in [0.25, 0.3) is 0 Å². The molecular formula is C18H17FO2. The van der Waals surface area contributed by atoms with Crippen LogP contribution in [0.2, 0.25) is 0 Å². The van der Waals surface area contributed by atoms with Gasteiger partial charge in [0.25, 0.3) is 0 Å². The Hall–Kier alpha value is -2.31. The van der Waals surface area contributed by atoms with Gasteiger partial charge >= 0.3 is 0 Å². The summed E-state index contributed by atoms with van der Waals surface area (Å²) in [7, 11) is 0. The largest absolute Gasteiger partial charge is 0.489 e. The van der Waals surface area contributed by atoms with Crippen molar-refractivity contribution >= 4 is 0 Å². The van der Waals surface area contributed by atoms with Crippen molar-refractivity contribution in [1.29, 1.82) is 0 Å². The van der Waals surface area contributed by atoms with E-state index in [1.165, 1.54) is 12.1 Å². The minimum Gasteiger partial charge on any atom is -0.489 e. The van der Waals surface area contributed by atoms with Gasteiger partial charge in [0.15, 0.2) is 0 Å². The molecule has 0 heterocycles. The van der Waals surface area contributed by atoms with Gasteiger partial charge in [-0.3, -0.25) is 0 Å². The zero-order valence-corrected chi connectivity index (χ0v) is 11.9. The summed E-state index contributed by atoms with van der Waals surface area (Å²) in [5, 5.41) is 8.69. The molecule has 3 heteroatoms. The molecule has 0 saturated heterocycles. The number of rotatable bonds is 4. The summed E-state index contributed by atoms with van der Waals surface area (Å²) in [4.78, 5) is 0. The molecule has 108 valence electrons. The molecule has 0 aromatic heterocycles. The second kappa shape index (κ2) is 7.47. The Bertz CT molecular complexity index is 668. The molecule has 0 unspecified atom stereocenters. The van der Waals surface area contributed by atoms with Crippen LogP contribution in [0.15, 0.2) is 42.5 Å². The smallest absolute Gasteiger partial charge is 0.124 e. The molecule has 21 heavy (non-hydrogen) atoms. The first-order valence-electron chi connectivity index (χ1n) is 6.76. The normalized spacial score (nSPS) is 9.86. The average Bonchev–Trinajstić information content (AvgIpc) is 2.45. The SMILES string of the molecule is Cc1cccc(OCc2cc(F)cc(C#CCCO)c2)c1. The topological polar surface area (TPSA) is 29.5 Å². The molecule has 2 aromatic carbocycles. The summed E-state index contributed by atoms with van der Waals surface area (Å²) in [6.45, 7) is 2.28. The Morgan fingerprint density at radius 1 is 1.19 bits per heavy atom. The lowest BCUT2D eigenvalue weighted by Crippen LogP contribution is -1.97. The third kappa shape index (κ3) is 4.94. The van der Waals surface area contributed by atoms with Crippen molar-refractivity contribution in [2.24, 2.45) is 0 Å². The van der Waals surface area contributed by atoms with Gasteiger partial charge in [-0.1, -0.05) is 24.0 Å². The van der Waals surface area contributed by atoms with Crippen molar-refractivity contribution in [2.75, 3.05) is 6.61 Å². The van der Waals surface area contributed by atoms with E-state index in [0.717, 1.165) is 16.9 Å². The number of halogens is 1. The molecule has 0 radical (unpaired) electrons. The Morgan fingerprint density at radius 2 is 2.05 bits per heavy atom. The summed E-state index contributed by atoms with van der Waals surface area (Å²) in [5.41, 5.74) is 2.43. The Morgan fingerprint density at radius 3 is 2.81 bits per heavy atom. The second-order valence-corrected chi connectivity index (χ2v) is 4.73. The number of aliphatic hydroxyl groups excluding tert-OH is 1. The molecule has 2 rings (SSSR count). The minimum absolute atomic E-state index is 0.00560. The van der Waals surface area contributed by atoms with E-state index in [0.29, 0.717) is 12.0 Å². The number of ether oxygens (including phenoxy) is 1. The van der Waals surface area contributed by atoms with Crippen molar-refractivity contribution in [1.82, 2.24) is 0 Å². The van der Waals surface area contributed by atoms with Crippen molar-refractivity contribution in [3.8, 4) is 17.6 Å². The average molecular weight is 284 g/mol. The van der Waals surface area contributed by atoms with E-state index in [1.54, 1.807) is 6.07 Å². The molecule has 0 atom stereocenters. The Labute approximate surface area is 124 Å². The molecule has 0 aliphatic rings. The fourth-order valence-electron chi connectivity index (χ4n) is 1.90. The molecule has 0 aliphatic carbocycles. The fraction of sp³-hybridized carbons (Fsp3) is 0.222. The van der Waals surface area contributed by atoms with Crippen LogP contribution in [0, 0.1) is 24.6 Å². The molecule has 1 N–H and O–H groups in total. The third-order valence-electron chi connectivity index (χ3n) is 2.82. The summed E-state index contributed by atoms with van der Waals surface area (Å²) in [5.74, 6) is 6.03. The predicted molar refractivity (Wildman–Crippen MR) is 80.5 cm³/mol. The van der Waals surface area contributed by atoms with Crippen LogP contribution in [0.5, 0.6) is 5.75 Å². The van der Waals surface area contributed by atoms with Gasteiger partial charge in [-0.25, -0.2) is 4.39 Å². The van der Waals surface area contributed by atoms with E-state index >= 15 is 0 Å². The summed E-state index contributed by atoms with van der Waals surface area (Å²) >= 11 is 0. The highest BCUT2D eigenvalue weighted by atomic mass is 19.1. The summed E-state index contributed by atoms with van der Waals surface area (Å²) < 4.78 is 19.2. The lowest BCUT2D eigenvalue weighted by Gasteiger charge is -2.07. The van der Waals surface area contributed by atoms with E-state index in [4.69, 9.17) is 9.84 Å². The summed E-state index contributed by atoms with van der Waals surface area (Å²) in [6, 6.07) is 12.3. The molecular weight excluding hydrogens is 267 g/mol. The third-order valence-corrected chi connectivity index (χ3v) is 2.82. The lowest BCUT2D eigenvalue weighted by molar-refractivity contribution is 0.305. The Balaban J connectivity index is 2.08. The first-order chi connectivity index (χ1) is 10.2. The van der Waals surface area contributed by atoms with Crippen molar-refractivity contribution in [3.05, 3.63) is 65.0 Å². The van der Waals surface area contributed by atoms with Gasteiger partial charge in [0, 0.05) is 12.0 Å². The van der Waals surface area contributed by atoms with Crippen LogP contribution in [0.3, 0.4) is 0 Å². The zero-order valence-electron chi connectivity index (χ0n) is 11.9. The number of aryl methyl sites for hydroxylation is 1. The first-order valence-corrected chi connectivity index (χ1v) is 6.76. The first kappa shape index (κ1) is 15.1. The Kier molecular flexibility index (Phi) is 5.36. The summed E-state index contributed by atoms with van der Waals surface area (Å²) in [6.07, 6.45) is 0.381. The van der Waals surface area contributed by atoms with E-state index < -0.39 is 0 Å². The van der Waals surface area contributed by atoms with Crippen molar-refractivity contribution < 1.29 is 14.2 Å². The number of hydrogen-bond donors (Lipinski definition) is 1. The zero-order chi connectivity index (χ0) is 15.1. The molecule has 0 fully saturated rings. The van der Waals surface area contributed by atoms with Gasteiger partial charge < -0.3 is 9.84 Å². The van der Waals surface area contributed by atoms with Crippen LogP contribution in [0.1, 0.15) is 23.1 Å². The molecule has 0 aliphatic heterocycles. The molecule has 0 spiro atoms. The molecule has 0 bridgehead atoms. The lowest BCUT2D eigenvalue weighted by atomic mass is 10.1. The standard InChI is InChI=1S/C18H17FO2/c1-14-5-4-7-18(9-14)21-13-16-10-15(6-2-3-8-20)11-17(19)12-16/h4-5,7,9-12,20H,3,8,13H2,1H3. The molecule has 2 nitrogen and oxygen atoms in total. The van der Waals surface area contributed by atoms with Crippen LogP contribution in [-0.2, 0) is 6.61 Å². The number of aliphatic hydroxyl groups is 1. The number of benzene rings is 2. The quantitative estimate of drug-likeness (QED) is 0.871. The highest BCUT2D eigenvalue weighted by Gasteiger charge is 2.01. The van der Waals surface area contributed by atoms with Gasteiger partial charge in [0.05, 0.1) is 6.61 Å². The van der Waals surface area contributed by atoms with Crippen molar-refractivity contribution in [2.45, 2.75) is 20.0 Å².